The standard InChI is InChI=1S/C15H20N2O2/c1-3-5-6-11-16-15(8-4-2)13-9-7-10-14(12-13)17(18)19/h7,9-10,12,15-16H,4,6,8,11H2,1-2H3. The molecule has 1 atom stereocenters. The van der Waals surface area contributed by atoms with Gasteiger partial charge in [-0.2, -0.15) is 0 Å². The van der Waals surface area contributed by atoms with Crippen LogP contribution in [0.25, 0.3) is 0 Å². The SMILES string of the molecule is CC#CCCNC(CCC)c1cccc([N+](=O)[O-])c1. The van der Waals surface area contributed by atoms with Gasteiger partial charge in [-0.25, -0.2) is 0 Å². The molecule has 102 valence electrons. The summed E-state index contributed by atoms with van der Waals surface area (Å²) in [5.41, 5.74) is 1.12. The van der Waals surface area contributed by atoms with Crippen molar-refractivity contribution in [3.05, 3.63) is 39.9 Å². The molecule has 1 rings (SSSR count). The van der Waals surface area contributed by atoms with Crippen LogP contribution in [0.4, 0.5) is 5.69 Å². The molecule has 0 heterocycles. The van der Waals surface area contributed by atoms with Crippen LogP contribution in [-0.4, -0.2) is 11.5 Å². The van der Waals surface area contributed by atoms with Crippen LogP contribution in [0.5, 0.6) is 0 Å². The van der Waals surface area contributed by atoms with Crippen LogP contribution in [0.2, 0.25) is 0 Å². The second-order valence-corrected chi connectivity index (χ2v) is 4.32. The molecule has 0 aliphatic rings. The summed E-state index contributed by atoms with van der Waals surface area (Å²) in [6, 6.07) is 7.01. The molecule has 0 bridgehead atoms. The monoisotopic (exact) mass is 260 g/mol. The van der Waals surface area contributed by atoms with E-state index in [1.54, 1.807) is 12.1 Å². The second kappa shape index (κ2) is 8.28. The van der Waals surface area contributed by atoms with E-state index in [4.69, 9.17) is 0 Å². The van der Waals surface area contributed by atoms with Crippen LogP contribution in [0.15, 0.2) is 24.3 Å². The predicted octanol–water partition coefficient (Wildman–Crippen LogP) is 3.44. The highest BCUT2D eigenvalue weighted by molar-refractivity contribution is 5.35. The Bertz CT molecular complexity index is 475. The van der Waals surface area contributed by atoms with Gasteiger partial charge in [0, 0.05) is 31.1 Å². The molecule has 0 saturated carbocycles. The van der Waals surface area contributed by atoms with Crippen LogP contribution in [0.1, 0.15) is 44.7 Å². The first-order valence-corrected chi connectivity index (χ1v) is 6.56. The Labute approximate surface area is 114 Å². The average molecular weight is 260 g/mol. The summed E-state index contributed by atoms with van der Waals surface area (Å²) in [5, 5.41) is 14.2. The van der Waals surface area contributed by atoms with E-state index in [-0.39, 0.29) is 16.7 Å². The molecule has 1 aromatic carbocycles. The minimum atomic E-state index is -0.352. The number of benzene rings is 1. The summed E-state index contributed by atoms with van der Waals surface area (Å²) in [6.45, 7) is 4.73. The molecule has 0 radical (unpaired) electrons. The molecule has 4 nitrogen and oxygen atoms in total. The molecular formula is C15H20N2O2. The summed E-state index contributed by atoms with van der Waals surface area (Å²) in [4.78, 5) is 10.4. The highest BCUT2D eigenvalue weighted by Crippen LogP contribution is 2.22. The summed E-state index contributed by atoms with van der Waals surface area (Å²) in [5.74, 6) is 5.86. The van der Waals surface area contributed by atoms with E-state index in [1.807, 2.05) is 13.0 Å². The normalized spacial score (nSPS) is 11.5. The van der Waals surface area contributed by atoms with Gasteiger partial charge < -0.3 is 5.32 Å². The first-order chi connectivity index (χ1) is 9.19. The van der Waals surface area contributed by atoms with Crippen molar-refractivity contribution in [2.75, 3.05) is 6.54 Å². The third-order valence-corrected chi connectivity index (χ3v) is 2.88. The van der Waals surface area contributed by atoms with Gasteiger partial charge in [0.2, 0.25) is 0 Å². The number of nitro benzene ring substituents is 1. The zero-order chi connectivity index (χ0) is 14.1. The van der Waals surface area contributed by atoms with E-state index >= 15 is 0 Å². The molecule has 0 amide bonds. The van der Waals surface area contributed by atoms with Crippen molar-refractivity contribution in [3.63, 3.8) is 0 Å². The fourth-order valence-electron chi connectivity index (χ4n) is 1.96. The molecule has 19 heavy (non-hydrogen) atoms. The Morgan fingerprint density at radius 1 is 1.47 bits per heavy atom. The van der Waals surface area contributed by atoms with Crippen molar-refractivity contribution >= 4 is 5.69 Å². The number of hydrogen-bond acceptors (Lipinski definition) is 3. The Morgan fingerprint density at radius 3 is 2.89 bits per heavy atom. The maximum atomic E-state index is 10.8. The Morgan fingerprint density at radius 2 is 2.26 bits per heavy atom. The van der Waals surface area contributed by atoms with E-state index in [0.29, 0.717) is 0 Å². The van der Waals surface area contributed by atoms with Crippen molar-refractivity contribution in [1.29, 1.82) is 0 Å². The van der Waals surface area contributed by atoms with Crippen molar-refractivity contribution in [2.45, 2.75) is 39.2 Å². The topological polar surface area (TPSA) is 55.2 Å². The van der Waals surface area contributed by atoms with Gasteiger partial charge in [0.15, 0.2) is 0 Å². The fraction of sp³-hybridized carbons (Fsp3) is 0.467. The quantitative estimate of drug-likeness (QED) is 0.353. The van der Waals surface area contributed by atoms with Crippen molar-refractivity contribution in [1.82, 2.24) is 5.32 Å². The summed E-state index contributed by atoms with van der Waals surface area (Å²) >= 11 is 0. The third kappa shape index (κ3) is 5.11. The first-order valence-electron chi connectivity index (χ1n) is 6.56. The lowest BCUT2D eigenvalue weighted by atomic mass is 10.0. The Balaban J connectivity index is 2.75. The van der Waals surface area contributed by atoms with E-state index in [2.05, 4.69) is 24.1 Å². The van der Waals surface area contributed by atoms with Crippen LogP contribution < -0.4 is 5.32 Å². The molecule has 0 aromatic heterocycles. The van der Waals surface area contributed by atoms with Gasteiger partial charge in [0.1, 0.15) is 0 Å². The number of nitrogens with one attached hydrogen (secondary N) is 1. The first kappa shape index (κ1) is 15.2. The molecule has 1 N–H and O–H groups in total. The predicted molar refractivity (Wildman–Crippen MR) is 76.8 cm³/mol. The number of hydrogen-bond donors (Lipinski definition) is 1. The van der Waals surface area contributed by atoms with E-state index in [0.717, 1.165) is 31.4 Å². The largest absolute Gasteiger partial charge is 0.309 e. The minimum Gasteiger partial charge on any atom is -0.309 e. The van der Waals surface area contributed by atoms with Gasteiger partial charge in [-0.05, 0) is 18.9 Å². The average Bonchev–Trinajstić information content (AvgIpc) is 2.42. The fourth-order valence-corrected chi connectivity index (χ4v) is 1.96. The van der Waals surface area contributed by atoms with Gasteiger partial charge in [-0.15, -0.1) is 11.8 Å². The van der Waals surface area contributed by atoms with E-state index < -0.39 is 0 Å². The smallest absolute Gasteiger partial charge is 0.269 e. The summed E-state index contributed by atoms with van der Waals surface area (Å²) < 4.78 is 0. The Kier molecular flexibility index (Phi) is 6.62. The number of nitrogens with zero attached hydrogens (tertiary/aromatic N) is 1. The lowest BCUT2D eigenvalue weighted by Crippen LogP contribution is -2.22. The molecule has 1 unspecified atom stereocenters. The van der Waals surface area contributed by atoms with Crippen molar-refractivity contribution < 1.29 is 4.92 Å². The molecule has 0 fully saturated rings. The molecule has 0 spiro atoms. The van der Waals surface area contributed by atoms with Gasteiger partial charge in [-0.3, -0.25) is 10.1 Å². The van der Waals surface area contributed by atoms with Crippen LogP contribution in [0.3, 0.4) is 0 Å². The number of non-ortho nitro benzene ring substituents is 1. The Hall–Kier alpha value is -1.86. The van der Waals surface area contributed by atoms with Crippen LogP contribution >= 0.6 is 0 Å². The van der Waals surface area contributed by atoms with Crippen molar-refractivity contribution in [3.8, 4) is 11.8 Å². The zero-order valence-corrected chi connectivity index (χ0v) is 11.5. The number of rotatable bonds is 7. The maximum Gasteiger partial charge on any atom is 0.269 e. The van der Waals surface area contributed by atoms with Crippen LogP contribution in [-0.2, 0) is 0 Å². The second-order valence-electron chi connectivity index (χ2n) is 4.32. The minimum absolute atomic E-state index is 0.147. The van der Waals surface area contributed by atoms with E-state index in [9.17, 15) is 10.1 Å². The van der Waals surface area contributed by atoms with Crippen LogP contribution in [0, 0.1) is 22.0 Å². The lowest BCUT2D eigenvalue weighted by molar-refractivity contribution is -0.384. The maximum absolute atomic E-state index is 10.8. The number of nitro groups is 1. The van der Waals surface area contributed by atoms with Gasteiger partial charge in [-0.1, -0.05) is 25.5 Å². The molecule has 0 saturated heterocycles. The van der Waals surface area contributed by atoms with Gasteiger partial charge >= 0.3 is 0 Å². The lowest BCUT2D eigenvalue weighted by Gasteiger charge is -2.17. The molecular weight excluding hydrogens is 240 g/mol. The van der Waals surface area contributed by atoms with Crippen molar-refractivity contribution in [2.24, 2.45) is 0 Å². The molecule has 4 heteroatoms. The molecule has 0 aliphatic carbocycles. The highest BCUT2D eigenvalue weighted by atomic mass is 16.6. The zero-order valence-electron chi connectivity index (χ0n) is 11.5. The van der Waals surface area contributed by atoms with Gasteiger partial charge in [0.05, 0.1) is 4.92 Å². The van der Waals surface area contributed by atoms with E-state index in [1.165, 1.54) is 6.07 Å². The summed E-state index contributed by atoms with van der Waals surface area (Å²) in [7, 11) is 0. The molecule has 1 aromatic rings. The van der Waals surface area contributed by atoms with Gasteiger partial charge in [0.25, 0.3) is 5.69 Å². The third-order valence-electron chi connectivity index (χ3n) is 2.88. The highest BCUT2D eigenvalue weighted by Gasteiger charge is 2.13. The molecule has 0 aliphatic heterocycles. The summed E-state index contributed by atoms with van der Waals surface area (Å²) in [6.07, 6.45) is 2.78.